The van der Waals surface area contributed by atoms with Gasteiger partial charge in [0, 0.05) is 18.2 Å². The van der Waals surface area contributed by atoms with E-state index >= 15 is 0 Å². The van der Waals surface area contributed by atoms with Gasteiger partial charge in [0.25, 0.3) is 0 Å². The van der Waals surface area contributed by atoms with Crippen LogP contribution in [0.15, 0.2) is 42.5 Å². The smallest absolute Gasteiger partial charge is 0.123 e. The summed E-state index contributed by atoms with van der Waals surface area (Å²) in [4.78, 5) is 0. The highest BCUT2D eigenvalue weighted by atomic mass is 16.5. The highest BCUT2D eigenvalue weighted by Gasteiger charge is 2.11. The SMILES string of the molecule is CCc1ccccc1CNC(C)c1ccc(C)cc1OC. The fourth-order valence-corrected chi connectivity index (χ4v) is 2.62. The number of nitrogens with one attached hydrogen (secondary N) is 1. The zero-order valence-electron chi connectivity index (χ0n) is 13.4. The van der Waals surface area contributed by atoms with Crippen molar-refractivity contribution in [3.8, 4) is 5.75 Å². The second kappa shape index (κ2) is 7.28. The number of aryl methyl sites for hydroxylation is 2. The number of hydrogen-bond donors (Lipinski definition) is 1. The van der Waals surface area contributed by atoms with Gasteiger partial charge in [0.05, 0.1) is 7.11 Å². The Bertz CT molecular complexity index is 592. The molecule has 0 amide bonds. The lowest BCUT2D eigenvalue weighted by Crippen LogP contribution is -2.19. The van der Waals surface area contributed by atoms with Gasteiger partial charge < -0.3 is 10.1 Å². The van der Waals surface area contributed by atoms with Crippen LogP contribution < -0.4 is 10.1 Å². The third kappa shape index (κ3) is 3.85. The topological polar surface area (TPSA) is 21.3 Å². The molecule has 0 fully saturated rings. The molecule has 1 unspecified atom stereocenters. The van der Waals surface area contributed by atoms with Crippen LogP contribution in [-0.4, -0.2) is 7.11 Å². The van der Waals surface area contributed by atoms with E-state index in [2.05, 4.69) is 68.6 Å². The molecule has 2 heteroatoms. The molecule has 0 saturated carbocycles. The zero-order valence-corrected chi connectivity index (χ0v) is 13.4. The molecule has 2 aromatic carbocycles. The highest BCUT2D eigenvalue weighted by Crippen LogP contribution is 2.26. The van der Waals surface area contributed by atoms with Crippen LogP contribution in [0.25, 0.3) is 0 Å². The van der Waals surface area contributed by atoms with Crippen molar-refractivity contribution in [3.05, 3.63) is 64.7 Å². The monoisotopic (exact) mass is 283 g/mol. The Morgan fingerprint density at radius 3 is 2.48 bits per heavy atom. The lowest BCUT2D eigenvalue weighted by atomic mass is 10.0. The van der Waals surface area contributed by atoms with E-state index in [1.807, 2.05) is 0 Å². The first kappa shape index (κ1) is 15.6. The maximum Gasteiger partial charge on any atom is 0.123 e. The molecule has 0 aromatic heterocycles. The predicted octanol–water partition coefficient (Wildman–Crippen LogP) is 4.42. The van der Waals surface area contributed by atoms with Crippen molar-refractivity contribution in [1.82, 2.24) is 5.32 Å². The first-order chi connectivity index (χ1) is 10.2. The number of ether oxygens (including phenoxy) is 1. The molecule has 0 radical (unpaired) electrons. The minimum absolute atomic E-state index is 0.255. The van der Waals surface area contributed by atoms with E-state index in [1.54, 1.807) is 7.11 Å². The Labute approximate surface area is 128 Å². The second-order valence-electron chi connectivity index (χ2n) is 5.47. The van der Waals surface area contributed by atoms with E-state index in [1.165, 1.54) is 22.3 Å². The Kier molecular flexibility index (Phi) is 5.40. The molecular weight excluding hydrogens is 258 g/mol. The third-order valence-electron chi connectivity index (χ3n) is 3.95. The summed E-state index contributed by atoms with van der Waals surface area (Å²) in [6, 6.07) is 15.2. The van der Waals surface area contributed by atoms with Gasteiger partial charge in [-0.1, -0.05) is 43.3 Å². The first-order valence-corrected chi connectivity index (χ1v) is 7.60. The van der Waals surface area contributed by atoms with Crippen LogP contribution >= 0.6 is 0 Å². The summed E-state index contributed by atoms with van der Waals surface area (Å²) >= 11 is 0. The minimum atomic E-state index is 0.255. The molecule has 2 aromatic rings. The predicted molar refractivity (Wildman–Crippen MR) is 88.8 cm³/mol. The van der Waals surface area contributed by atoms with Crippen molar-refractivity contribution >= 4 is 0 Å². The fourth-order valence-electron chi connectivity index (χ4n) is 2.62. The fraction of sp³-hybridized carbons (Fsp3) is 0.368. The number of rotatable bonds is 6. The molecule has 112 valence electrons. The van der Waals surface area contributed by atoms with Gasteiger partial charge in [0.15, 0.2) is 0 Å². The molecule has 0 aliphatic carbocycles. The molecule has 1 atom stereocenters. The van der Waals surface area contributed by atoms with Gasteiger partial charge in [-0.25, -0.2) is 0 Å². The van der Waals surface area contributed by atoms with Crippen LogP contribution in [0.2, 0.25) is 0 Å². The Balaban J connectivity index is 2.10. The van der Waals surface area contributed by atoms with E-state index in [4.69, 9.17) is 4.74 Å². The van der Waals surface area contributed by atoms with Gasteiger partial charge in [-0.3, -0.25) is 0 Å². The lowest BCUT2D eigenvalue weighted by molar-refractivity contribution is 0.401. The molecule has 0 aliphatic rings. The Morgan fingerprint density at radius 2 is 1.81 bits per heavy atom. The Morgan fingerprint density at radius 1 is 1.10 bits per heavy atom. The maximum atomic E-state index is 5.50. The highest BCUT2D eigenvalue weighted by molar-refractivity contribution is 5.39. The van der Waals surface area contributed by atoms with Crippen LogP contribution in [0, 0.1) is 6.92 Å². The summed E-state index contributed by atoms with van der Waals surface area (Å²) in [5.41, 5.74) is 5.21. The van der Waals surface area contributed by atoms with Crippen LogP contribution in [0.4, 0.5) is 0 Å². The molecule has 0 aliphatic heterocycles. The zero-order chi connectivity index (χ0) is 15.2. The third-order valence-corrected chi connectivity index (χ3v) is 3.95. The normalized spacial score (nSPS) is 12.2. The summed E-state index contributed by atoms with van der Waals surface area (Å²) in [5.74, 6) is 0.957. The van der Waals surface area contributed by atoms with Crippen molar-refractivity contribution in [1.29, 1.82) is 0 Å². The van der Waals surface area contributed by atoms with E-state index in [0.717, 1.165) is 18.7 Å². The van der Waals surface area contributed by atoms with Gasteiger partial charge in [-0.05, 0) is 43.0 Å². The lowest BCUT2D eigenvalue weighted by Gasteiger charge is -2.19. The summed E-state index contributed by atoms with van der Waals surface area (Å²) < 4.78 is 5.50. The molecule has 21 heavy (non-hydrogen) atoms. The summed E-state index contributed by atoms with van der Waals surface area (Å²) in [6.45, 7) is 7.34. The van der Waals surface area contributed by atoms with E-state index in [0.29, 0.717) is 0 Å². The quantitative estimate of drug-likeness (QED) is 0.847. The van der Waals surface area contributed by atoms with Crippen molar-refractivity contribution in [3.63, 3.8) is 0 Å². The standard InChI is InChI=1S/C19H25NO/c1-5-16-8-6-7-9-17(16)13-20-15(3)18-11-10-14(2)12-19(18)21-4/h6-12,15,20H,5,13H2,1-4H3. The molecule has 0 saturated heterocycles. The van der Waals surface area contributed by atoms with E-state index in [-0.39, 0.29) is 6.04 Å². The van der Waals surface area contributed by atoms with E-state index < -0.39 is 0 Å². The second-order valence-corrected chi connectivity index (χ2v) is 5.47. The molecule has 0 spiro atoms. The van der Waals surface area contributed by atoms with Crippen molar-refractivity contribution in [2.45, 2.75) is 39.8 Å². The van der Waals surface area contributed by atoms with Crippen LogP contribution in [-0.2, 0) is 13.0 Å². The maximum absolute atomic E-state index is 5.50. The molecule has 2 rings (SSSR count). The summed E-state index contributed by atoms with van der Waals surface area (Å²) in [7, 11) is 1.73. The van der Waals surface area contributed by atoms with Gasteiger partial charge in [0.2, 0.25) is 0 Å². The largest absolute Gasteiger partial charge is 0.496 e. The average molecular weight is 283 g/mol. The molecule has 0 bridgehead atoms. The minimum Gasteiger partial charge on any atom is -0.496 e. The summed E-state index contributed by atoms with van der Waals surface area (Å²) in [5, 5.41) is 3.60. The van der Waals surface area contributed by atoms with Crippen molar-refractivity contribution in [2.24, 2.45) is 0 Å². The van der Waals surface area contributed by atoms with Crippen molar-refractivity contribution in [2.75, 3.05) is 7.11 Å². The summed E-state index contributed by atoms with van der Waals surface area (Å²) in [6.07, 6.45) is 1.07. The van der Waals surface area contributed by atoms with Gasteiger partial charge in [-0.2, -0.15) is 0 Å². The van der Waals surface area contributed by atoms with Gasteiger partial charge in [0.1, 0.15) is 5.75 Å². The molecule has 1 N–H and O–H groups in total. The number of hydrogen-bond acceptors (Lipinski definition) is 2. The van der Waals surface area contributed by atoms with Crippen LogP contribution in [0.1, 0.15) is 42.1 Å². The van der Waals surface area contributed by atoms with E-state index in [9.17, 15) is 0 Å². The number of benzene rings is 2. The van der Waals surface area contributed by atoms with Crippen LogP contribution in [0.3, 0.4) is 0 Å². The Hall–Kier alpha value is -1.80. The molecule has 2 nitrogen and oxygen atoms in total. The van der Waals surface area contributed by atoms with Gasteiger partial charge in [-0.15, -0.1) is 0 Å². The number of methoxy groups -OCH3 is 1. The average Bonchev–Trinajstić information content (AvgIpc) is 2.52. The van der Waals surface area contributed by atoms with Gasteiger partial charge >= 0.3 is 0 Å². The van der Waals surface area contributed by atoms with Crippen molar-refractivity contribution < 1.29 is 4.74 Å². The molecule has 0 heterocycles. The van der Waals surface area contributed by atoms with Crippen LogP contribution in [0.5, 0.6) is 5.75 Å². The molecular formula is C19H25NO. The first-order valence-electron chi connectivity index (χ1n) is 7.60.